The normalized spacial score (nSPS) is 17.4. The SMILES string of the molecule is CCNC(=NCc1ncc(C)s1)NC1CCN(c2ccccc2OC)C1. The van der Waals surface area contributed by atoms with Gasteiger partial charge in [-0.1, -0.05) is 12.1 Å². The number of aromatic nitrogens is 1. The van der Waals surface area contributed by atoms with E-state index in [1.165, 1.54) is 4.88 Å². The molecule has 0 amide bonds. The fraction of sp³-hybridized carbons (Fsp3) is 0.474. The highest BCUT2D eigenvalue weighted by Crippen LogP contribution is 2.30. The average molecular weight is 374 g/mol. The van der Waals surface area contributed by atoms with Crippen LogP contribution in [0.1, 0.15) is 23.2 Å². The Hall–Kier alpha value is -2.28. The number of para-hydroxylation sites is 2. The Bertz CT molecular complexity index is 745. The number of anilines is 1. The monoisotopic (exact) mass is 373 g/mol. The maximum atomic E-state index is 5.50. The van der Waals surface area contributed by atoms with Crippen molar-refractivity contribution >= 4 is 23.0 Å². The number of thiazole rings is 1. The van der Waals surface area contributed by atoms with Crippen molar-refractivity contribution in [2.45, 2.75) is 32.9 Å². The molecule has 3 rings (SSSR count). The van der Waals surface area contributed by atoms with Gasteiger partial charge in [-0.15, -0.1) is 11.3 Å². The molecule has 6 nitrogen and oxygen atoms in total. The number of hydrogen-bond donors (Lipinski definition) is 2. The van der Waals surface area contributed by atoms with Gasteiger partial charge >= 0.3 is 0 Å². The van der Waals surface area contributed by atoms with Crippen LogP contribution in [0.3, 0.4) is 0 Å². The molecule has 1 fully saturated rings. The van der Waals surface area contributed by atoms with Crippen molar-refractivity contribution in [2.75, 3.05) is 31.6 Å². The highest BCUT2D eigenvalue weighted by Gasteiger charge is 2.25. The molecule has 140 valence electrons. The summed E-state index contributed by atoms with van der Waals surface area (Å²) >= 11 is 1.70. The molecular formula is C19H27N5OS. The van der Waals surface area contributed by atoms with Gasteiger partial charge < -0.3 is 20.3 Å². The van der Waals surface area contributed by atoms with E-state index in [1.807, 2.05) is 18.3 Å². The lowest BCUT2D eigenvalue weighted by Gasteiger charge is -2.22. The molecule has 0 aliphatic carbocycles. The van der Waals surface area contributed by atoms with Gasteiger partial charge in [0.15, 0.2) is 5.96 Å². The van der Waals surface area contributed by atoms with Gasteiger partial charge in [-0.05, 0) is 32.4 Å². The smallest absolute Gasteiger partial charge is 0.191 e. The molecule has 7 heteroatoms. The van der Waals surface area contributed by atoms with E-state index >= 15 is 0 Å². The number of hydrogen-bond acceptors (Lipinski definition) is 5. The Morgan fingerprint density at radius 1 is 1.42 bits per heavy atom. The highest BCUT2D eigenvalue weighted by molar-refractivity contribution is 7.11. The second-order valence-electron chi connectivity index (χ2n) is 6.31. The molecule has 1 saturated heterocycles. The van der Waals surface area contributed by atoms with Gasteiger partial charge in [0, 0.05) is 36.8 Å². The summed E-state index contributed by atoms with van der Waals surface area (Å²) in [6, 6.07) is 8.55. The van der Waals surface area contributed by atoms with E-state index in [2.05, 4.69) is 46.5 Å². The van der Waals surface area contributed by atoms with Crippen molar-refractivity contribution in [3.63, 3.8) is 0 Å². The number of nitrogens with zero attached hydrogens (tertiary/aromatic N) is 3. The van der Waals surface area contributed by atoms with Crippen LogP contribution in [0, 0.1) is 6.92 Å². The van der Waals surface area contributed by atoms with Crippen molar-refractivity contribution in [1.29, 1.82) is 0 Å². The van der Waals surface area contributed by atoms with Gasteiger partial charge in [-0.2, -0.15) is 0 Å². The first kappa shape index (κ1) is 18.5. The Morgan fingerprint density at radius 3 is 3.00 bits per heavy atom. The van der Waals surface area contributed by atoms with E-state index in [9.17, 15) is 0 Å². The first-order chi connectivity index (χ1) is 12.7. The minimum absolute atomic E-state index is 0.357. The zero-order chi connectivity index (χ0) is 18.4. The van der Waals surface area contributed by atoms with Gasteiger partial charge in [-0.3, -0.25) is 0 Å². The molecule has 1 atom stereocenters. The van der Waals surface area contributed by atoms with Crippen molar-refractivity contribution in [1.82, 2.24) is 15.6 Å². The fourth-order valence-corrected chi connectivity index (χ4v) is 3.83. The summed E-state index contributed by atoms with van der Waals surface area (Å²) in [6.45, 7) is 7.53. The van der Waals surface area contributed by atoms with Crippen LogP contribution >= 0.6 is 11.3 Å². The van der Waals surface area contributed by atoms with Gasteiger partial charge in [0.05, 0.1) is 19.3 Å². The molecule has 2 heterocycles. The Balaban J connectivity index is 1.61. The van der Waals surface area contributed by atoms with E-state index in [0.717, 1.165) is 48.5 Å². The van der Waals surface area contributed by atoms with E-state index in [0.29, 0.717) is 12.6 Å². The zero-order valence-corrected chi connectivity index (χ0v) is 16.5. The molecule has 1 aromatic heterocycles. The average Bonchev–Trinajstić information content (AvgIpc) is 3.29. The second-order valence-corrected chi connectivity index (χ2v) is 7.63. The van der Waals surface area contributed by atoms with Gasteiger partial charge in [0.2, 0.25) is 0 Å². The largest absolute Gasteiger partial charge is 0.495 e. The number of guanidine groups is 1. The molecule has 0 saturated carbocycles. The topological polar surface area (TPSA) is 61.8 Å². The van der Waals surface area contributed by atoms with E-state index in [4.69, 9.17) is 9.73 Å². The van der Waals surface area contributed by atoms with Crippen LogP contribution in [0.4, 0.5) is 5.69 Å². The van der Waals surface area contributed by atoms with Crippen LogP contribution in [-0.2, 0) is 6.54 Å². The van der Waals surface area contributed by atoms with Crippen molar-refractivity contribution in [3.05, 3.63) is 40.3 Å². The number of aryl methyl sites for hydroxylation is 1. The zero-order valence-electron chi connectivity index (χ0n) is 15.7. The lowest BCUT2D eigenvalue weighted by molar-refractivity contribution is 0.415. The van der Waals surface area contributed by atoms with Gasteiger partial charge in [0.25, 0.3) is 0 Å². The van der Waals surface area contributed by atoms with Crippen LogP contribution in [0.15, 0.2) is 35.5 Å². The fourth-order valence-electron chi connectivity index (χ4n) is 3.12. The predicted molar refractivity (Wildman–Crippen MR) is 108 cm³/mol. The maximum Gasteiger partial charge on any atom is 0.191 e. The van der Waals surface area contributed by atoms with Crippen LogP contribution < -0.4 is 20.3 Å². The number of aliphatic imine (C=N–C) groups is 1. The third kappa shape index (κ3) is 4.66. The lowest BCUT2D eigenvalue weighted by Crippen LogP contribution is -2.44. The van der Waals surface area contributed by atoms with Crippen LogP contribution in [0.5, 0.6) is 5.75 Å². The Kier molecular flexibility index (Phi) is 6.33. The molecule has 1 unspecified atom stereocenters. The Labute approximate surface area is 159 Å². The molecule has 0 spiro atoms. The van der Waals surface area contributed by atoms with Crippen molar-refractivity contribution in [3.8, 4) is 5.75 Å². The summed E-state index contributed by atoms with van der Waals surface area (Å²) in [7, 11) is 1.72. The number of ether oxygens (including phenoxy) is 1. The molecule has 2 aromatic rings. The summed E-state index contributed by atoms with van der Waals surface area (Å²) in [5.74, 6) is 1.78. The number of methoxy groups -OCH3 is 1. The summed E-state index contributed by atoms with van der Waals surface area (Å²) in [4.78, 5) is 12.7. The maximum absolute atomic E-state index is 5.50. The Morgan fingerprint density at radius 2 is 2.27 bits per heavy atom. The third-order valence-electron chi connectivity index (χ3n) is 4.34. The summed E-state index contributed by atoms with van der Waals surface area (Å²) in [5.41, 5.74) is 1.15. The molecule has 2 N–H and O–H groups in total. The molecule has 26 heavy (non-hydrogen) atoms. The van der Waals surface area contributed by atoms with E-state index < -0.39 is 0 Å². The highest BCUT2D eigenvalue weighted by atomic mass is 32.1. The molecule has 0 radical (unpaired) electrons. The molecule has 0 bridgehead atoms. The minimum atomic E-state index is 0.357. The molecule has 1 aliphatic rings. The predicted octanol–water partition coefficient (Wildman–Crippen LogP) is 2.79. The third-order valence-corrected chi connectivity index (χ3v) is 5.24. The lowest BCUT2D eigenvalue weighted by atomic mass is 10.2. The van der Waals surface area contributed by atoms with Crippen LogP contribution in [-0.4, -0.2) is 43.7 Å². The number of rotatable bonds is 6. The first-order valence-corrected chi connectivity index (χ1v) is 9.85. The summed E-state index contributed by atoms with van der Waals surface area (Å²) < 4.78 is 5.50. The second kappa shape index (κ2) is 8.89. The number of nitrogens with one attached hydrogen (secondary N) is 2. The van der Waals surface area contributed by atoms with E-state index in [1.54, 1.807) is 18.4 Å². The van der Waals surface area contributed by atoms with Crippen LogP contribution in [0.25, 0.3) is 0 Å². The van der Waals surface area contributed by atoms with Gasteiger partial charge in [0.1, 0.15) is 10.8 Å². The summed E-state index contributed by atoms with van der Waals surface area (Å²) in [6.07, 6.45) is 2.97. The molecular weight excluding hydrogens is 346 g/mol. The van der Waals surface area contributed by atoms with E-state index in [-0.39, 0.29) is 0 Å². The molecule has 1 aliphatic heterocycles. The van der Waals surface area contributed by atoms with Crippen LogP contribution in [0.2, 0.25) is 0 Å². The van der Waals surface area contributed by atoms with Gasteiger partial charge in [-0.25, -0.2) is 9.98 Å². The quantitative estimate of drug-likeness (QED) is 0.602. The first-order valence-electron chi connectivity index (χ1n) is 9.03. The molecule has 1 aromatic carbocycles. The van der Waals surface area contributed by atoms with Crippen molar-refractivity contribution < 1.29 is 4.74 Å². The minimum Gasteiger partial charge on any atom is -0.495 e. The van der Waals surface area contributed by atoms with Crippen molar-refractivity contribution in [2.24, 2.45) is 4.99 Å². The standard InChI is InChI=1S/C19H27N5OS/c1-4-20-19(22-12-18-21-11-14(2)26-18)23-15-9-10-24(13-15)16-7-5-6-8-17(16)25-3/h5-8,11,15H,4,9-10,12-13H2,1-3H3,(H2,20,22,23). The summed E-state index contributed by atoms with van der Waals surface area (Å²) in [5, 5.41) is 7.94. The number of benzene rings is 1.